The van der Waals surface area contributed by atoms with E-state index in [0.29, 0.717) is 60.4 Å². The van der Waals surface area contributed by atoms with Crippen LogP contribution in [0.15, 0.2) is 91.0 Å². The Bertz CT molecular complexity index is 3210. The smallest absolute Gasteiger partial charge is 0.330 e. The van der Waals surface area contributed by atoms with Crippen LogP contribution in [0.1, 0.15) is 116 Å². The Morgan fingerprint density at radius 1 is 0.782 bits per heavy atom. The Hall–Kier alpha value is -8.33. The molecule has 21 heteroatoms. The molecule has 468 valence electrons. The maximum Gasteiger partial charge on any atom is 0.330 e. The fraction of sp³-hybridized carbons (Fsp3) is 0.500. The summed E-state index contributed by atoms with van der Waals surface area (Å²) >= 11 is 0. The molecular weight excluding hydrogens is 1120 g/mol. The molecule has 4 aromatic carbocycles. The molecule has 3 heterocycles. The van der Waals surface area contributed by atoms with Crippen LogP contribution in [0.5, 0.6) is 17.2 Å². The van der Waals surface area contributed by atoms with Crippen LogP contribution >= 0.6 is 0 Å². The van der Waals surface area contributed by atoms with Crippen molar-refractivity contribution in [3.8, 4) is 17.2 Å². The number of unbranched alkanes of at least 4 members (excludes halogenated alkanes) is 1. The summed E-state index contributed by atoms with van der Waals surface area (Å²) in [6, 6.07) is 18.5. The van der Waals surface area contributed by atoms with Crippen molar-refractivity contribution in [2.45, 2.75) is 142 Å². The molecule has 21 nitrogen and oxygen atoms in total. The predicted molar refractivity (Wildman–Crippen MR) is 325 cm³/mol. The average Bonchev–Trinajstić information content (AvgIpc) is 1.18. The molecule has 0 spiro atoms. The minimum atomic E-state index is -1.50. The number of nitrogens with one attached hydrogen (secondary N) is 2. The van der Waals surface area contributed by atoms with Crippen LogP contribution in [-0.4, -0.2) is 165 Å². The van der Waals surface area contributed by atoms with E-state index in [1.165, 1.54) is 67.8 Å². The summed E-state index contributed by atoms with van der Waals surface area (Å²) in [6.07, 6.45) is 5.23. The summed E-state index contributed by atoms with van der Waals surface area (Å²) in [4.78, 5) is 134. The monoisotopic (exact) mass is 1200 g/mol. The fourth-order valence-corrected chi connectivity index (χ4v) is 10.8. The van der Waals surface area contributed by atoms with Gasteiger partial charge in [0, 0.05) is 45.4 Å². The first-order valence-corrected chi connectivity index (χ1v) is 29.8. The van der Waals surface area contributed by atoms with Crippen molar-refractivity contribution in [2.24, 2.45) is 5.41 Å². The number of nitrogens with zero attached hydrogens (tertiary/aromatic N) is 4. The van der Waals surface area contributed by atoms with E-state index in [2.05, 4.69) is 10.6 Å². The maximum atomic E-state index is 15.1. The Kier molecular flexibility index (Phi) is 22.7. The number of amides is 6. The first-order valence-electron chi connectivity index (χ1n) is 29.8. The number of likely N-dealkylation sites (N-methyl/N-ethyl adjacent to an activating group) is 2. The highest BCUT2D eigenvalue weighted by Crippen LogP contribution is 2.35. The van der Waals surface area contributed by atoms with Crippen molar-refractivity contribution in [1.29, 1.82) is 0 Å². The molecule has 3 aliphatic rings. The second kappa shape index (κ2) is 29.9. The third-order valence-electron chi connectivity index (χ3n) is 15.9. The number of piperidine rings is 1. The molecule has 2 N–H and O–H groups in total. The summed E-state index contributed by atoms with van der Waals surface area (Å²) in [6.45, 7) is 8.81. The lowest BCUT2D eigenvalue weighted by atomic mass is 9.87. The topological polar surface area (TPSA) is 246 Å². The van der Waals surface area contributed by atoms with Crippen LogP contribution in [0.3, 0.4) is 0 Å². The van der Waals surface area contributed by atoms with Gasteiger partial charge in [0.25, 0.3) is 11.8 Å². The molecule has 7 rings (SSSR count). The number of esters is 2. The Morgan fingerprint density at radius 3 is 2.28 bits per heavy atom. The van der Waals surface area contributed by atoms with Gasteiger partial charge in [-0.3, -0.25) is 38.5 Å². The van der Waals surface area contributed by atoms with Gasteiger partial charge in [0.1, 0.15) is 42.6 Å². The van der Waals surface area contributed by atoms with Crippen molar-refractivity contribution in [1.82, 2.24) is 25.3 Å². The van der Waals surface area contributed by atoms with Crippen LogP contribution in [-0.2, 0) is 70.2 Å². The van der Waals surface area contributed by atoms with Gasteiger partial charge in [0.05, 0.1) is 38.4 Å². The molecule has 0 saturated carbocycles. The fourth-order valence-electron chi connectivity index (χ4n) is 10.8. The second-order valence-electron chi connectivity index (χ2n) is 24.0. The number of fused-ring (bicyclic) bond motifs is 9. The average molecular weight is 1200 g/mol. The van der Waals surface area contributed by atoms with Crippen LogP contribution in [0.2, 0.25) is 0 Å². The molecule has 3 aliphatic heterocycles. The summed E-state index contributed by atoms with van der Waals surface area (Å²) in [7, 11) is 6.03. The number of ether oxygens (including phenoxy) is 6. The molecule has 87 heavy (non-hydrogen) atoms. The highest BCUT2D eigenvalue weighted by atomic mass is 16.5. The summed E-state index contributed by atoms with van der Waals surface area (Å²) < 4.78 is 35.3. The van der Waals surface area contributed by atoms with E-state index in [4.69, 9.17) is 28.4 Å². The number of anilines is 1. The van der Waals surface area contributed by atoms with Gasteiger partial charge in [-0.15, -0.1) is 0 Å². The van der Waals surface area contributed by atoms with Gasteiger partial charge in [-0.25, -0.2) is 9.59 Å². The Labute approximate surface area is 509 Å². The van der Waals surface area contributed by atoms with Gasteiger partial charge in [-0.05, 0) is 143 Å². The van der Waals surface area contributed by atoms with Gasteiger partial charge in [-0.1, -0.05) is 68.3 Å². The molecular formula is C66H84N6O15. The Morgan fingerprint density at radius 2 is 1.54 bits per heavy atom. The first-order chi connectivity index (χ1) is 41.4. The van der Waals surface area contributed by atoms with Crippen molar-refractivity contribution in [3.05, 3.63) is 108 Å². The maximum absolute atomic E-state index is 15.1. The number of aryl methyl sites for hydroxylation is 1. The van der Waals surface area contributed by atoms with Gasteiger partial charge >= 0.3 is 11.9 Å². The number of hydrogen-bond acceptors (Lipinski definition) is 15. The van der Waals surface area contributed by atoms with Crippen LogP contribution in [0, 0.1) is 5.41 Å². The van der Waals surface area contributed by atoms with E-state index >= 15 is 14.4 Å². The van der Waals surface area contributed by atoms with E-state index in [0.717, 1.165) is 22.4 Å². The normalized spacial score (nSPS) is 22.0. The van der Waals surface area contributed by atoms with E-state index in [1.54, 1.807) is 57.2 Å². The minimum absolute atomic E-state index is 0.0206. The van der Waals surface area contributed by atoms with Crippen molar-refractivity contribution in [3.63, 3.8) is 0 Å². The van der Waals surface area contributed by atoms with E-state index in [-0.39, 0.29) is 57.6 Å². The molecule has 4 unspecified atom stereocenters. The number of carbonyl (C=O) groups is 9. The Balaban J connectivity index is 1.27. The van der Waals surface area contributed by atoms with Crippen molar-refractivity contribution < 1.29 is 71.6 Å². The summed E-state index contributed by atoms with van der Waals surface area (Å²) in [5.41, 5.74) is 0.200. The molecule has 5 atom stereocenters. The number of hydrogen-bond donors (Lipinski definition) is 2. The zero-order valence-corrected chi connectivity index (χ0v) is 51.8. The standard InChI is InChI=1S/C66H84N6O15/c1-11-12-23-50-61(78)68-49-36-44-20-17-19-43-28-29-46(37-48(43)44)72(50)57(74)40-84-47-22-18-21-45(35-47)53(30-26-42-27-31-54(82-9)55(34-42)83-10)87-64(81)51-24-13-16-33-71(51)63(80)59(76)66(5,6)41-85-58(75)25-14-15-32-69(7)56(73)38-67-60(77)52(70(8)62(49)79)39-86-65(2,3)4/h14,17-22,25,27-29,31,34-35,37,49-53H,11-13,15-16,23-24,26,30,32-33,36,38-41H2,1-10H3,(H,67,77)(H,68,78)/t49?,50?,51?,52?,53-/m1/s1. The molecule has 6 bridgehead atoms. The SMILES string of the molecule is CCCCC1C(=O)NC2Cc3cccc4ccc(cc34)N1C(=O)COc1cccc(c1)[C@@H](CCc1ccc(OC)c(OC)c1)OC(=O)C1CCCCN1C(=O)C(=O)C(C)(C)COC(=O)C=CCCN(C)C(=O)CNC(=O)C(COC(C)(C)C)N(C)C2=O. The number of cyclic esters (lactones) is 2. The van der Waals surface area contributed by atoms with Gasteiger partial charge < -0.3 is 53.8 Å². The zero-order valence-electron chi connectivity index (χ0n) is 51.8. The summed E-state index contributed by atoms with van der Waals surface area (Å²) in [5, 5.41) is 7.20. The lowest BCUT2D eigenvalue weighted by molar-refractivity contribution is -0.165. The quantitative estimate of drug-likeness (QED) is 0.123. The molecule has 1 saturated heterocycles. The molecule has 6 amide bonds. The van der Waals surface area contributed by atoms with E-state index < -0.39 is 114 Å². The molecule has 0 aromatic heterocycles. The lowest BCUT2D eigenvalue weighted by Gasteiger charge is -2.36. The first kappa shape index (κ1) is 66.2. The van der Waals surface area contributed by atoms with Crippen LogP contribution in [0.25, 0.3) is 10.8 Å². The van der Waals surface area contributed by atoms with Crippen molar-refractivity contribution >= 4 is 69.6 Å². The minimum Gasteiger partial charge on any atom is -0.493 e. The highest BCUT2D eigenvalue weighted by molar-refractivity contribution is 6.38. The molecule has 4 aromatic rings. The van der Waals surface area contributed by atoms with Gasteiger partial charge in [0.15, 0.2) is 18.1 Å². The third-order valence-corrected chi connectivity index (χ3v) is 15.9. The second-order valence-corrected chi connectivity index (χ2v) is 24.0. The number of benzene rings is 4. The number of Topliss-reactive ketones (excluding diaryl/α,β-unsaturated/α-hetero) is 1. The predicted octanol–water partition coefficient (Wildman–Crippen LogP) is 6.78. The molecule has 1 fully saturated rings. The zero-order chi connectivity index (χ0) is 63.2. The van der Waals surface area contributed by atoms with Crippen LogP contribution < -0.4 is 29.7 Å². The molecule has 0 radical (unpaired) electrons. The van der Waals surface area contributed by atoms with Gasteiger partial charge in [0.2, 0.25) is 29.4 Å². The van der Waals surface area contributed by atoms with E-state index in [9.17, 15) is 28.8 Å². The number of rotatable bonds is 10. The molecule has 0 aliphatic carbocycles. The number of methoxy groups -OCH3 is 2. The summed E-state index contributed by atoms with van der Waals surface area (Å²) in [5.74, 6) is -5.03. The highest BCUT2D eigenvalue weighted by Gasteiger charge is 2.43. The lowest BCUT2D eigenvalue weighted by Crippen LogP contribution is -2.60. The van der Waals surface area contributed by atoms with Crippen LogP contribution in [0.4, 0.5) is 5.69 Å². The number of carbonyl (C=O) groups excluding carboxylic acids is 9. The number of ketones is 1. The van der Waals surface area contributed by atoms with E-state index in [1.807, 2.05) is 49.4 Å². The third kappa shape index (κ3) is 17.2. The van der Waals surface area contributed by atoms with Gasteiger partial charge in [-0.2, -0.15) is 0 Å². The largest absolute Gasteiger partial charge is 0.493 e. The van der Waals surface area contributed by atoms with Crippen molar-refractivity contribution in [2.75, 3.05) is 72.7 Å².